The summed E-state index contributed by atoms with van der Waals surface area (Å²) in [6, 6.07) is 5.46. The number of aryl methyl sites for hydroxylation is 1. The molecular weight excluding hydrogens is 262 g/mol. The number of methoxy groups -OCH3 is 1. The van der Waals surface area contributed by atoms with Crippen molar-refractivity contribution in [3.63, 3.8) is 0 Å². The molecule has 0 aromatic heterocycles. The van der Waals surface area contributed by atoms with Crippen LogP contribution in [0, 0.1) is 12.3 Å². The number of hydrogen-bond donors (Lipinski definition) is 1. The van der Waals surface area contributed by atoms with Crippen molar-refractivity contribution < 1.29 is 9.53 Å². The van der Waals surface area contributed by atoms with Crippen LogP contribution < -0.4 is 10.1 Å². The molecule has 1 aromatic rings. The van der Waals surface area contributed by atoms with Gasteiger partial charge in [-0.3, -0.25) is 4.79 Å². The summed E-state index contributed by atoms with van der Waals surface area (Å²) in [7, 11) is 1.60. The van der Waals surface area contributed by atoms with Crippen LogP contribution in [-0.4, -0.2) is 25.4 Å². The summed E-state index contributed by atoms with van der Waals surface area (Å²) in [6.07, 6.45) is 0.867. The zero-order chi connectivity index (χ0) is 14.5. The van der Waals surface area contributed by atoms with Gasteiger partial charge in [-0.25, -0.2) is 0 Å². The molecule has 0 fully saturated rings. The third-order valence-electron chi connectivity index (χ3n) is 3.17. The largest absolute Gasteiger partial charge is 0.496 e. The van der Waals surface area contributed by atoms with Gasteiger partial charge >= 0.3 is 0 Å². The van der Waals surface area contributed by atoms with E-state index in [1.165, 1.54) is 0 Å². The molecule has 106 valence electrons. The Morgan fingerprint density at radius 3 is 2.68 bits per heavy atom. The highest BCUT2D eigenvalue weighted by atomic mass is 35.5. The molecule has 0 bridgehead atoms. The van der Waals surface area contributed by atoms with Crippen LogP contribution in [0.5, 0.6) is 5.75 Å². The molecule has 1 rings (SSSR count). The molecule has 0 radical (unpaired) electrons. The molecular formula is C15H22ClNO2. The van der Waals surface area contributed by atoms with E-state index in [0.717, 1.165) is 17.7 Å². The van der Waals surface area contributed by atoms with E-state index in [9.17, 15) is 4.79 Å². The second-order valence-corrected chi connectivity index (χ2v) is 5.85. The first kappa shape index (κ1) is 15.8. The average molecular weight is 284 g/mol. The minimum atomic E-state index is -0.0825. The van der Waals surface area contributed by atoms with Gasteiger partial charge in [0.15, 0.2) is 0 Å². The maximum atomic E-state index is 12.1. The van der Waals surface area contributed by atoms with E-state index in [-0.39, 0.29) is 11.3 Å². The van der Waals surface area contributed by atoms with Gasteiger partial charge in [-0.05, 0) is 36.5 Å². The Bertz CT molecular complexity index is 444. The van der Waals surface area contributed by atoms with Gasteiger partial charge in [-0.15, -0.1) is 11.6 Å². The Labute approximate surface area is 120 Å². The van der Waals surface area contributed by atoms with Crippen molar-refractivity contribution >= 4 is 17.5 Å². The minimum absolute atomic E-state index is 0.00614. The number of hydrogen-bond acceptors (Lipinski definition) is 2. The normalized spacial score (nSPS) is 11.2. The van der Waals surface area contributed by atoms with E-state index >= 15 is 0 Å². The first-order chi connectivity index (χ1) is 8.89. The smallest absolute Gasteiger partial charge is 0.251 e. The van der Waals surface area contributed by atoms with Gasteiger partial charge in [0.2, 0.25) is 0 Å². The highest BCUT2D eigenvalue weighted by Crippen LogP contribution is 2.21. The standard InChI is InChI=1S/C15H22ClNO2/c1-11-5-6-12(9-13(11)19-4)14(18)17-10-15(2,3)7-8-16/h5-6,9H,7-8,10H2,1-4H3,(H,17,18). The fourth-order valence-corrected chi connectivity index (χ4v) is 2.24. The van der Waals surface area contributed by atoms with E-state index in [4.69, 9.17) is 16.3 Å². The summed E-state index contributed by atoms with van der Waals surface area (Å²) in [5.74, 6) is 1.25. The number of alkyl halides is 1. The fourth-order valence-electron chi connectivity index (χ4n) is 1.73. The van der Waals surface area contributed by atoms with E-state index in [2.05, 4.69) is 19.2 Å². The second-order valence-electron chi connectivity index (χ2n) is 5.47. The number of ether oxygens (including phenoxy) is 1. The summed E-state index contributed by atoms with van der Waals surface area (Å²) < 4.78 is 5.22. The molecule has 0 saturated carbocycles. The Kier molecular flexibility index (Phi) is 5.67. The molecule has 0 aliphatic rings. The lowest BCUT2D eigenvalue weighted by Crippen LogP contribution is -2.34. The van der Waals surface area contributed by atoms with Crippen molar-refractivity contribution in [3.8, 4) is 5.75 Å². The van der Waals surface area contributed by atoms with Crippen molar-refractivity contribution in [2.75, 3.05) is 19.5 Å². The van der Waals surface area contributed by atoms with Crippen molar-refractivity contribution in [3.05, 3.63) is 29.3 Å². The van der Waals surface area contributed by atoms with Gasteiger partial charge in [0.05, 0.1) is 7.11 Å². The molecule has 0 atom stereocenters. The number of benzene rings is 1. The van der Waals surface area contributed by atoms with E-state index in [1.807, 2.05) is 19.1 Å². The lowest BCUT2D eigenvalue weighted by Gasteiger charge is -2.23. The predicted octanol–water partition coefficient (Wildman–Crippen LogP) is 3.39. The van der Waals surface area contributed by atoms with Crippen LogP contribution in [0.15, 0.2) is 18.2 Å². The molecule has 0 spiro atoms. The van der Waals surface area contributed by atoms with Gasteiger partial charge in [0.1, 0.15) is 5.75 Å². The Morgan fingerprint density at radius 2 is 2.11 bits per heavy atom. The minimum Gasteiger partial charge on any atom is -0.496 e. The van der Waals surface area contributed by atoms with Crippen LogP contribution >= 0.6 is 11.6 Å². The van der Waals surface area contributed by atoms with Crippen LogP contribution in [0.1, 0.15) is 36.2 Å². The molecule has 0 unspecified atom stereocenters. The lowest BCUT2D eigenvalue weighted by molar-refractivity contribution is 0.0935. The lowest BCUT2D eigenvalue weighted by atomic mass is 9.90. The fraction of sp³-hybridized carbons (Fsp3) is 0.533. The number of amides is 1. The Hall–Kier alpha value is -1.22. The number of carbonyl (C=O) groups is 1. The topological polar surface area (TPSA) is 38.3 Å². The molecule has 0 saturated heterocycles. The number of carbonyl (C=O) groups excluding carboxylic acids is 1. The summed E-state index contributed by atoms with van der Waals surface area (Å²) in [6.45, 7) is 6.73. The predicted molar refractivity (Wildman–Crippen MR) is 79.2 cm³/mol. The van der Waals surface area contributed by atoms with Gasteiger partial charge < -0.3 is 10.1 Å². The SMILES string of the molecule is COc1cc(C(=O)NCC(C)(C)CCCl)ccc1C. The number of rotatable bonds is 6. The Balaban J connectivity index is 2.68. The molecule has 0 aliphatic carbocycles. The molecule has 0 heterocycles. The maximum Gasteiger partial charge on any atom is 0.251 e. The first-order valence-corrected chi connectivity index (χ1v) is 6.92. The molecule has 3 nitrogen and oxygen atoms in total. The molecule has 4 heteroatoms. The average Bonchev–Trinajstić information content (AvgIpc) is 2.36. The third-order valence-corrected chi connectivity index (χ3v) is 3.36. The van der Waals surface area contributed by atoms with E-state index in [1.54, 1.807) is 13.2 Å². The van der Waals surface area contributed by atoms with Crippen molar-refractivity contribution in [2.45, 2.75) is 27.2 Å². The van der Waals surface area contributed by atoms with Crippen LogP contribution in [0.25, 0.3) is 0 Å². The zero-order valence-electron chi connectivity index (χ0n) is 12.0. The summed E-state index contributed by atoms with van der Waals surface area (Å²) in [4.78, 5) is 12.1. The number of nitrogens with one attached hydrogen (secondary N) is 1. The second kappa shape index (κ2) is 6.80. The van der Waals surface area contributed by atoms with E-state index in [0.29, 0.717) is 18.0 Å². The Morgan fingerprint density at radius 1 is 1.42 bits per heavy atom. The van der Waals surface area contributed by atoms with Crippen LogP contribution in [0.3, 0.4) is 0 Å². The van der Waals surface area contributed by atoms with E-state index < -0.39 is 0 Å². The van der Waals surface area contributed by atoms with Crippen molar-refractivity contribution in [1.82, 2.24) is 5.32 Å². The third kappa shape index (κ3) is 4.75. The first-order valence-electron chi connectivity index (χ1n) is 6.38. The zero-order valence-corrected chi connectivity index (χ0v) is 12.8. The highest BCUT2D eigenvalue weighted by Gasteiger charge is 2.18. The van der Waals surface area contributed by atoms with Gasteiger partial charge in [0, 0.05) is 18.0 Å². The summed E-state index contributed by atoms with van der Waals surface area (Å²) >= 11 is 5.75. The van der Waals surface area contributed by atoms with Gasteiger partial charge in [-0.1, -0.05) is 19.9 Å². The van der Waals surface area contributed by atoms with Crippen LogP contribution in [0.4, 0.5) is 0 Å². The van der Waals surface area contributed by atoms with Crippen LogP contribution in [-0.2, 0) is 0 Å². The summed E-state index contributed by atoms with van der Waals surface area (Å²) in [5.41, 5.74) is 1.64. The van der Waals surface area contributed by atoms with Crippen molar-refractivity contribution in [1.29, 1.82) is 0 Å². The van der Waals surface area contributed by atoms with Crippen molar-refractivity contribution in [2.24, 2.45) is 5.41 Å². The quantitative estimate of drug-likeness (QED) is 0.813. The molecule has 19 heavy (non-hydrogen) atoms. The maximum absolute atomic E-state index is 12.1. The van der Waals surface area contributed by atoms with Gasteiger partial charge in [-0.2, -0.15) is 0 Å². The molecule has 0 aliphatic heterocycles. The molecule has 1 amide bonds. The summed E-state index contributed by atoms with van der Waals surface area (Å²) in [5, 5.41) is 2.94. The number of halogens is 1. The molecule has 1 aromatic carbocycles. The highest BCUT2D eigenvalue weighted by molar-refractivity contribution is 6.17. The molecule has 1 N–H and O–H groups in total. The van der Waals surface area contributed by atoms with Crippen LogP contribution in [0.2, 0.25) is 0 Å². The van der Waals surface area contributed by atoms with Gasteiger partial charge in [0.25, 0.3) is 5.91 Å². The monoisotopic (exact) mass is 283 g/mol.